The monoisotopic (exact) mass is 1000 g/mol. The van der Waals surface area contributed by atoms with Crippen LogP contribution in [0.4, 0.5) is 0 Å². The summed E-state index contributed by atoms with van der Waals surface area (Å²) in [6.07, 6.45) is 74.7. The molecular formula is C65H125NO5. The molecule has 0 aromatic heterocycles. The maximum Gasteiger partial charge on any atom is 0.305 e. The van der Waals surface area contributed by atoms with Gasteiger partial charge in [-0.05, 0) is 77.0 Å². The van der Waals surface area contributed by atoms with Gasteiger partial charge in [0.1, 0.15) is 0 Å². The third-order valence-corrected chi connectivity index (χ3v) is 15.0. The highest BCUT2D eigenvalue weighted by atomic mass is 16.5. The Balaban J connectivity index is 3.44. The number of aliphatic hydroxyl groups is 2. The zero-order valence-corrected chi connectivity index (χ0v) is 48.0. The highest BCUT2D eigenvalue weighted by molar-refractivity contribution is 5.76. The van der Waals surface area contributed by atoms with Gasteiger partial charge in [-0.25, -0.2) is 0 Å². The minimum absolute atomic E-state index is 0.00327. The van der Waals surface area contributed by atoms with Gasteiger partial charge in [-0.2, -0.15) is 0 Å². The predicted molar refractivity (Wildman–Crippen MR) is 310 cm³/mol. The molecule has 6 heteroatoms. The first-order valence-electron chi connectivity index (χ1n) is 32.1. The lowest BCUT2D eigenvalue weighted by molar-refractivity contribution is -0.143. The Hall–Kier alpha value is -1.66. The highest BCUT2D eigenvalue weighted by Gasteiger charge is 2.20. The average molecular weight is 1000 g/mol. The summed E-state index contributed by atoms with van der Waals surface area (Å²) in [5, 5.41) is 23.4. The zero-order valence-electron chi connectivity index (χ0n) is 48.0. The molecule has 0 fully saturated rings. The van der Waals surface area contributed by atoms with E-state index in [1.165, 1.54) is 276 Å². The third-order valence-electron chi connectivity index (χ3n) is 15.0. The quantitative estimate of drug-likeness (QED) is 0.0320. The molecule has 0 heterocycles. The lowest BCUT2D eigenvalue weighted by atomic mass is 10.0. The largest absolute Gasteiger partial charge is 0.466 e. The van der Waals surface area contributed by atoms with Crippen LogP contribution in [0.15, 0.2) is 24.3 Å². The molecule has 420 valence electrons. The number of amides is 1. The van der Waals surface area contributed by atoms with E-state index in [-0.39, 0.29) is 18.5 Å². The van der Waals surface area contributed by atoms with Crippen LogP contribution < -0.4 is 5.32 Å². The van der Waals surface area contributed by atoms with E-state index in [9.17, 15) is 19.8 Å². The summed E-state index contributed by atoms with van der Waals surface area (Å²) in [5.41, 5.74) is 0. The summed E-state index contributed by atoms with van der Waals surface area (Å²) >= 11 is 0. The van der Waals surface area contributed by atoms with E-state index in [0.29, 0.717) is 25.9 Å². The number of hydrogen-bond acceptors (Lipinski definition) is 5. The summed E-state index contributed by atoms with van der Waals surface area (Å²) in [7, 11) is 0. The number of nitrogens with one attached hydrogen (secondary N) is 1. The molecule has 0 aliphatic rings. The van der Waals surface area contributed by atoms with Crippen LogP contribution in [0.3, 0.4) is 0 Å². The number of hydrogen-bond donors (Lipinski definition) is 3. The minimum atomic E-state index is -0.671. The molecule has 1 amide bonds. The maximum atomic E-state index is 12.5. The molecule has 0 saturated carbocycles. The zero-order chi connectivity index (χ0) is 51.4. The molecule has 0 rings (SSSR count). The van der Waals surface area contributed by atoms with Gasteiger partial charge in [0.15, 0.2) is 0 Å². The van der Waals surface area contributed by atoms with Crippen molar-refractivity contribution in [1.82, 2.24) is 5.32 Å². The van der Waals surface area contributed by atoms with Crippen molar-refractivity contribution >= 4 is 11.9 Å². The Kier molecular flexibility index (Phi) is 59.5. The van der Waals surface area contributed by atoms with Gasteiger partial charge in [-0.15, -0.1) is 0 Å². The van der Waals surface area contributed by atoms with Gasteiger partial charge in [0.25, 0.3) is 0 Å². The summed E-state index contributed by atoms with van der Waals surface area (Å²) in [6, 6.07) is -0.549. The Morgan fingerprint density at radius 3 is 1.00 bits per heavy atom. The molecule has 3 N–H and O–H groups in total. The third kappa shape index (κ3) is 57.5. The van der Waals surface area contributed by atoms with Crippen molar-refractivity contribution in [1.29, 1.82) is 0 Å². The lowest BCUT2D eigenvalue weighted by Gasteiger charge is -2.22. The second kappa shape index (κ2) is 60.9. The molecule has 6 nitrogen and oxygen atoms in total. The lowest BCUT2D eigenvalue weighted by Crippen LogP contribution is -2.45. The van der Waals surface area contributed by atoms with Crippen LogP contribution >= 0.6 is 0 Å². The molecule has 0 spiro atoms. The van der Waals surface area contributed by atoms with E-state index in [1.54, 1.807) is 0 Å². The Morgan fingerprint density at radius 1 is 0.380 bits per heavy atom. The number of rotatable bonds is 60. The van der Waals surface area contributed by atoms with Crippen molar-refractivity contribution in [2.24, 2.45) is 0 Å². The van der Waals surface area contributed by atoms with Gasteiger partial charge >= 0.3 is 5.97 Å². The fourth-order valence-electron chi connectivity index (χ4n) is 10.0. The number of allylic oxidation sites excluding steroid dienone is 4. The van der Waals surface area contributed by atoms with E-state index in [4.69, 9.17) is 4.74 Å². The van der Waals surface area contributed by atoms with E-state index in [0.717, 1.165) is 44.9 Å². The van der Waals surface area contributed by atoms with Gasteiger partial charge in [0.2, 0.25) is 5.91 Å². The molecule has 0 aromatic carbocycles. The second-order valence-corrected chi connectivity index (χ2v) is 22.1. The van der Waals surface area contributed by atoms with Crippen molar-refractivity contribution in [2.75, 3.05) is 13.2 Å². The minimum Gasteiger partial charge on any atom is -0.466 e. The van der Waals surface area contributed by atoms with Crippen LogP contribution in [-0.2, 0) is 14.3 Å². The first kappa shape index (κ1) is 69.3. The Bertz CT molecular complexity index is 1110. The molecule has 0 aromatic rings. The van der Waals surface area contributed by atoms with Crippen molar-refractivity contribution in [3.63, 3.8) is 0 Å². The number of aliphatic hydroxyl groups excluding tert-OH is 2. The number of esters is 1. The molecule has 0 aliphatic heterocycles. The maximum absolute atomic E-state index is 12.5. The van der Waals surface area contributed by atoms with E-state index in [2.05, 4.69) is 43.5 Å². The second-order valence-electron chi connectivity index (χ2n) is 22.1. The van der Waals surface area contributed by atoms with Crippen molar-refractivity contribution in [3.8, 4) is 0 Å². The topological polar surface area (TPSA) is 95.9 Å². The molecular weight excluding hydrogens is 875 g/mol. The van der Waals surface area contributed by atoms with E-state index >= 15 is 0 Å². The van der Waals surface area contributed by atoms with Crippen molar-refractivity contribution < 1.29 is 24.5 Å². The molecule has 71 heavy (non-hydrogen) atoms. The van der Waals surface area contributed by atoms with Gasteiger partial charge < -0.3 is 20.3 Å². The molecule has 0 radical (unpaired) electrons. The van der Waals surface area contributed by atoms with Crippen molar-refractivity contribution in [2.45, 2.75) is 366 Å². The van der Waals surface area contributed by atoms with Crippen LogP contribution in [0.1, 0.15) is 354 Å². The van der Waals surface area contributed by atoms with Crippen LogP contribution in [0.5, 0.6) is 0 Å². The van der Waals surface area contributed by atoms with E-state index < -0.39 is 12.1 Å². The molecule has 0 aliphatic carbocycles. The first-order chi connectivity index (χ1) is 35.0. The Labute approximate surface area is 443 Å². The summed E-state index contributed by atoms with van der Waals surface area (Å²) in [5.74, 6) is -0.0448. The standard InChI is InChI=1S/C65H125NO5/c1-3-5-7-9-11-13-15-17-19-20-21-23-26-30-33-37-41-45-49-53-57-63(68)62(61-67)66-64(69)58-54-50-46-42-38-34-31-27-24-22-25-28-32-36-40-44-48-52-56-60-71-65(70)59-55-51-47-43-39-35-29-18-16-14-12-10-8-6-4-2/h18,22,24,29,62-63,67-68H,3-17,19-21,23,25-28,30-61H2,1-2H3,(H,66,69)/b24-22-,29-18-. The molecule has 0 bridgehead atoms. The van der Waals surface area contributed by atoms with E-state index in [1.807, 2.05) is 0 Å². The summed E-state index contributed by atoms with van der Waals surface area (Å²) in [4.78, 5) is 24.6. The smallest absolute Gasteiger partial charge is 0.305 e. The highest BCUT2D eigenvalue weighted by Crippen LogP contribution is 2.18. The van der Waals surface area contributed by atoms with Gasteiger partial charge in [-0.1, -0.05) is 289 Å². The number of unbranched alkanes of at least 4 members (excludes halogenated alkanes) is 45. The fourth-order valence-corrected chi connectivity index (χ4v) is 10.0. The SMILES string of the molecule is CCCCCCCC/C=C\CCCCCCCC(=O)OCCCCCCCCCC/C=C\CCCCCCCCCC(=O)NC(CO)C(O)CCCCCCCCCCCCCCCCCCCCCC. The summed E-state index contributed by atoms with van der Waals surface area (Å²) < 4.78 is 5.48. The molecule has 2 atom stereocenters. The normalized spacial score (nSPS) is 12.7. The number of ether oxygens (including phenoxy) is 1. The number of carbonyl (C=O) groups excluding carboxylic acids is 2. The van der Waals surface area contributed by atoms with Gasteiger partial charge in [0, 0.05) is 12.8 Å². The first-order valence-corrected chi connectivity index (χ1v) is 32.1. The Morgan fingerprint density at radius 2 is 0.662 bits per heavy atom. The van der Waals surface area contributed by atoms with Crippen LogP contribution in [0, 0.1) is 0 Å². The number of carbonyl (C=O) groups is 2. The average Bonchev–Trinajstić information content (AvgIpc) is 3.37. The van der Waals surface area contributed by atoms with Crippen molar-refractivity contribution in [3.05, 3.63) is 24.3 Å². The summed E-state index contributed by atoms with van der Waals surface area (Å²) in [6.45, 7) is 4.96. The molecule has 2 unspecified atom stereocenters. The fraction of sp³-hybridized carbons (Fsp3) is 0.908. The van der Waals surface area contributed by atoms with Gasteiger partial charge in [0.05, 0.1) is 25.4 Å². The van der Waals surface area contributed by atoms with Gasteiger partial charge in [-0.3, -0.25) is 9.59 Å². The van der Waals surface area contributed by atoms with Crippen LogP contribution in [0.25, 0.3) is 0 Å². The van der Waals surface area contributed by atoms with Crippen LogP contribution in [0.2, 0.25) is 0 Å². The molecule has 0 saturated heterocycles. The van der Waals surface area contributed by atoms with Crippen LogP contribution in [-0.4, -0.2) is 47.4 Å². The predicted octanol–water partition coefficient (Wildman–Crippen LogP) is 20.2.